The number of allylic oxidation sites excluding steroid dienone is 2. The van der Waals surface area contributed by atoms with Crippen LogP contribution in [0.5, 0.6) is 0 Å². The Morgan fingerprint density at radius 3 is 2.61 bits per heavy atom. The van der Waals surface area contributed by atoms with E-state index in [1.165, 1.54) is 5.56 Å². The van der Waals surface area contributed by atoms with Crippen molar-refractivity contribution in [3.63, 3.8) is 0 Å². The lowest BCUT2D eigenvalue weighted by Crippen LogP contribution is -2.46. The first-order valence-electron chi connectivity index (χ1n) is 11.3. The molecule has 0 saturated heterocycles. The maximum atomic E-state index is 13.7. The number of nitriles is 1. The van der Waals surface area contributed by atoms with Crippen LogP contribution in [0, 0.1) is 28.6 Å². The zero-order valence-electron chi connectivity index (χ0n) is 19.5. The third kappa shape index (κ3) is 4.42. The first-order valence-corrected chi connectivity index (χ1v) is 11.3. The Morgan fingerprint density at radius 2 is 1.97 bits per heavy atom. The molecule has 2 aliphatic rings. The van der Waals surface area contributed by atoms with E-state index in [9.17, 15) is 10.1 Å². The van der Waals surface area contributed by atoms with Crippen LogP contribution in [0.3, 0.4) is 0 Å². The highest BCUT2D eigenvalue weighted by molar-refractivity contribution is 5.84. The summed E-state index contributed by atoms with van der Waals surface area (Å²) in [5.74, 6) is 0.893. The van der Waals surface area contributed by atoms with Gasteiger partial charge in [0.1, 0.15) is 11.9 Å². The van der Waals surface area contributed by atoms with Crippen LogP contribution >= 0.6 is 0 Å². The molecule has 0 bridgehead atoms. The zero-order valence-corrected chi connectivity index (χ0v) is 19.5. The summed E-state index contributed by atoms with van der Waals surface area (Å²) in [4.78, 5) is 13.7. The molecule has 1 aromatic carbocycles. The number of rotatable bonds is 6. The predicted octanol–water partition coefficient (Wildman–Crippen LogP) is 6.09. The van der Waals surface area contributed by atoms with Gasteiger partial charge in [0.25, 0.3) is 0 Å². The van der Waals surface area contributed by atoms with Crippen LogP contribution in [-0.4, -0.2) is 19.2 Å². The molecule has 0 aliphatic heterocycles. The van der Waals surface area contributed by atoms with Gasteiger partial charge >= 0.3 is 5.97 Å². The lowest BCUT2D eigenvalue weighted by molar-refractivity contribution is -0.165. The third-order valence-corrected chi connectivity index (χ3v) is 7.30. The maximum Gasteiger partial charge on any atom is 0.325 e. The lowest BCUT2D eigenvalue weighted by Gasteiger charge is -2.45. The number of carbonyl (C=O) groups excluding carboxylic acids is 1. The summed E-state index contributed by atoms with van der Waals surface area (Å²) in [5, 5.41) is 9.54. The molecule has 0 N–H and O–H groups in total. The molecule has 31 heavy (non-hydrogen) atoms. The molecule has 4 nitrogen and oxygen atoms in total. The average Bonchev–Trinajstić information content (AvgIpc) is 2.74. The molecule has 2 aliphatic carbocycles. The summed E-state index contributed by atoms with van der Waals surface area (Å²) in [5.41, 5.74) is 0.935. The van der Waals surface area contributed by atoms with Crippen LogP contribution in [0.4, 0.5) is 0 Å². The number of carbonyl (C=O) groups is 1. The van der Waals surface area contributed by atoms with Gasteiger partial charge in [-0.15, -0.1) is 0 Å². The number of ether oxygens (including phenoxy) is 2. The molecule has 166 valence electrons. The summed E-state index contributed by atoms with van der Waals surface area (Å²) in [6.07, 6.45) is 7.26. The summed E-state index contributed by atoms with van der Waals surface area (Å²) >= 11 is 0. The fourth-order valence-electron chi connectivity index (χ4n) is 5.45. The second kappa shape index (κ2) is 9.30. The van der Waals surface area contributed by atoms with Crippen molar-refractivity contribution in [2.45, 2.75) is 71.3 Å². The minimum Gasteiger partial charge on any atom is -0.500 e. The van der Waals surface area contributed by atoms with Crippen molar-refractivity contribution >= 4 is 5.97 Å². The van der Waals surface area contributed by atoms with Crippen molar-refractivity contribution in [3.05, 3.63) is 59.4 Å². The smallest absolute Gasteiger partial charge is 0.325 e. The molecule has 1 saturated carbocycles. The summed E-state index contributed by atoms with van der Waals surface area (Å²) < 4.78 is 11.9. The van der Waals surface area contributed by atoms with Crippen LogP contribution < -0.4 is 0 Å². The summed E-state index contributed by atoms with van der Waals surface area (Å²) in [6, 6.07) is 12.7. The largest absolute Gasteiger partial charge is 0.500 e. The minimum absolute atomic E-state index is 0.0118. The first kappa shape index (κ1) is 23.1. The van der Waals surface area contributed by atoms with Crippen molar-refractivity contribution in [3.8, 4) is 6.07 Å². The van der Waals surface area contributed by atoms with Gasteiger partial charge in [0.05, 0.1) is 19.6 Å². The molecule has 1 aromatic rings. The van der Waals surface area contributed by atoms with Gasteiger partial charge in [-0.1, -0.05) is 69.7 Å². The van der Waals surface area contributed by atoms with Gasteiger partial charge in [-0.05, 0) is 48.7 Å². The molecule has 0 radical (unpaired) electrons. The highest BCUT2D eigenvalue weighted by atomic mass is 16.5. The first-order chi connectivity index (χ1) is 14.8. The van der Waals surface area contributed by atoms with E-state index >= 15 is 0 Å². The van der Waals surface area contributed by atoms with Gasteiger partial charge in [0.2, 0.25) is 0 Å². The quantitative estimate of drug-likeness (QED) is 0.412. The van der Waals surface area contributed by atoms with E-state index in [1.54, 1.807) is 7.11 Å². The van der Waals surface area contributed by atoms with E-state index in [-0.39, 0.29) is 29.8 Å². The van der Waals surface area contributed by atoms with Crippen molar-refractivity contribution < 1.29 is 14.3 Å². The molecule has 1 unspecified atom stereocenters. The van der Waals surface area contributed by atoms with Gasteiger partial charge in [-0.3, -0.25) is 4.79 Å². The van der Waals surface area contributed by atoms with E-state index < -0.39 is 5.41 Å². The normalized spacial score (nSPS) is 28.7. The van der Waals surface area contributed by atoms with E-state index in [2.05, 4.69) is 51.1 Å². The minimum atomic E-state index is -1.16. The van der Waals surface area contributed by atoms with Crippen LogP contribution in [0.1, 0.15) is 65.4 Å². The van der Waals surface area contributed by atoms with Gasteiger partial charge in [-0.2, -0.15) is 5.26 Å². The van der Waals surface area contributed by atoms with Gasteiger partial charge < -0.3 is 9.47 Å². The molecule has 4 heteroatoms. The van der Waals surface area contributed by atoms with Crippen molar-refractivity contribution in [1.82, 2.24) is 0 Å². The fourth-order valence-corrected chi connectivity index (χ4v) is 5.45. The van der Waals surface area contributed by atoms with Crippen molar-refractivity contribution in [2.24, 2.45) is 17.3 Å². The van der Waals surface area contributed by atoms with Crippen LogP contribution in [0.15, 0.2) is 53.8 Å². The second-order valence-corrected chi connectivity index (χ2v) is 9.78. The lowest BCUT2D eigenvalue weighted by atomic mass is 9.64. The van der Waals surface area contributed by atoms with Crippen LogP contribution in [0.2, 0.25) is 0 Å². The standard InChI is InChI=1S/C27H35NO3/c1-19-13-14-22(26(3,4)21-11-7-6-8-12-21)23(18-19)31-25(29)27(16-17-28)15-9-10-20(2)24(27)30-5/h6-9,11-12,15,19,22-23H,10,13-14,16,18H2,1-5H3/t19-,22-,23-,27?/m1/s1. The fraction of sp³-hybridized carbons (Fsp3) is 0.556. The molecular weight excluding hydrogens is 386 g/mol. The third-order valence-electron chi connectivity index (χ3n) is 7.30. The Hall–Kier alpha value is -2.54. The molecule has 0 spiro atoms. The zero-order chi connectivity index (χ0) is 22.6. The Morgan fingerprint density at radius 1 is 1.26 bits per heavy atom. The van der Waals surface area contributed by atoms with Crippen LogP contribution in [0.25, 0.3) is 0 Å². The Bertz CT molecular complexity index is 893. The van der Waals surface area contributed by atoms with E-state index in [4.69, 9.17) is 9.47 Å². The predicted molar refractivity (Wildman–Crippen MR) is 122 cm³/mol. The number of esters is 1. The number of hydrogen-bond donors (Lipinski definition) is 0. The molecule has 0 amide bonds. The summed E-state index contributed by atoms with van der Waals surface area (Å²) in [7, 11) is 1.57. The van der Waals surface area contributed by atoms with E-state index in [0.29, 0.717) is 18.1 Å². The topological polar surface area (TPSA) is 59.3 Å². The molecule has 3 rings (SSSR count). The van der Waals surface area contributed by atoms with Crippen molar-refractivity contribution in [2.75, 3.05) is 7.11 Å². The second-order valence-electron chi connectivity index (χ2n) is 9.78. The van der Waals surface area contributed by atoms with E-state index in [0.717, 1.165) is 24.8 Å². The number of methoxy groups -OCH3 is 1. The highest BCUT2D eigenvalue weighted by Crippen LogP contribution is 2.46. The Labute approximate surface area is 186 Å². The monoisotopic (exact) mass is 421 g/mol. The molecular formula is C27H35NO3. The number of hydrogen-bond acceptors (Lipinski definition) is 4. The maximum absolute atomic E-state index is 13.7. The average molecular weight is 422 g/mol. The Balaban J connectivity index is 1.93. The Kier molecular flexibility index (Phi) is 6.94. The molecule has 1 fully saturated rings. The van der Waals surface area contributed by atoms with E-state index in [1.807, 2.05) is 25.1 Å². The van der Waals surface area contributed by atoms with Gasteiger partial charge in [0.15, 0.2) is 5.41 Å². The number of nitrogens with zero attached hydrogens (tertiary/aromatic N) is 1. The highest BCUT2D eigenvalue weighted by Gasteiger charge is 2.49. The number of benzene rings is 1. The van der Waals surface area contributed by atoms with Crippen molar-refractivity contribution in [1.29, 1.82) is 5.26 Å². The van der Waals surface area contributed by atoms with Gasteiger partial charge in [-0.25, -0.2) is 0 Å². The molecule has 4 atom stereocenters. The summed E-state index contributed by atoms with van der Waals surface area (Å²) in [6.45, 7) is 8.68. The van der Waals surface area contributed by atoms with Crippen LogP contribution in [-0.2, 0) is 19.7 Å². The van der Waals surface area contributed by atoms with Gasteiger partial charge in [0, 0.05) is 5.92 Å². The molecule has 0 heterocycles. The SMILES string of the molecule is COC1=C(C)CC=CC1(CC#N)C(=O)O[C@@H]1C[C@H](C)CC[C@H]1C(C)(C)c1ccccc1. The molecule has 0 aromatic heterocycles.